The van der Waals surface area contributed by atoms with Crippen LogP contribution in [0.15, 0.2) is 35.7 Å². The van der Waals surface area contributed by atoms with Gasteiger partial charge in [-0.3, -0.25) is 9.10 Å². The molecule has 7 heteroatoms. The van der Waals surface area contributed by atoms with Gasteiger partial charge in [0, 0.05) is 6.54 Å². The molecule has 5 nitrogen and oxygen atoms in total. The minimum absolute atomic E-state index is 0.186. The van der Waals surface area contributed by atoms with Gasteiger partial charge in [-0.2, -0.15) is 0 Å². The largest absolute Gasteiger partial charge is 0.350 e. The van der Waals surface area contributed by atoms with Crippen LogP contribution in [0.4, 0.5) is 5.69 Å². The molecule has 0 unspecified atom stereocenters. The van der Waals surface area contributed by atoms with Gasteiger partial charge < -0.3 is 5.32 Å². The van der Waals surface area contributed by atoms with Gasteiger partial charge in [0.15, 0.2) is 0 Å². The van der Waals surface area contributed by atoms with Crippen LogP contribution in [-0.2, 0) is 10.0 Å². The second-order valence-corrected chi connectivity index (χ2v) is 8.14. The van der Waals surface area contributed by atoms with Crippen molar-refractivity contribution in [1.82, 2.24) is 5.32 Å². The van der Waals surface area contributed by atoms with E-state index in [1.807, 2.05) is 31.4 Å². The van der Waals surface area contributed by atoms with Crippen LogP contribution < -0.4 is 9.62 Å². The number of carbonyl (C=O) groups excluding carboxylic acids is 1. The summed E-state index contributed by atoms with van der Waals surface area (Å²) in [5.41, 5.74) is 2.60. The highest BCUT2D eigenvalue weighted by molar-refractivity contribution is 7.92. The molecule has 1 heterocycles. The van der Waals surface area contributed by atoms with Crippen LogP contribution in [-0.4, -0.2) is 33.7 Å². The summed E-state index contributed by atoms with van der Waals surface area (Å²) in [6.07, 6.45) is 1.18. The molecule has 0 fully saturated rings. The van der Waals surface area contributed by atoms with Crippen molar-refractivity contribution in [1.29, 1.82) is 0 Å². The molecule has 23 heavy (non-hydrogen) atoms. The molecular weight excluding hydrogens is 332 g/mol. The van der Waals surface area contributed by atoms with E-state index in [0.717, 1.165) is 11.1 Å². The van der Waals surface area contributed by atoms with Crippen molar-refractivity contribution in [3.63, 3.8) is 0 Å². The SMILES string of the molecule is Cc1cccc(N(CCNC(=O)c2cccs2)S(C)(=O)=O)c1C. The van der Waals surface area contributed by atoms with Crippen molar-refractivity contribution in [3.8, 4) is 0 Å². The first-order valence-corrected chi connectivity index (χ1v) is 9.89. The number of thiophene rings is 1. The van der Waals surface area contributed by atoms with Crippen LogP contribution in [0.25, 0.3) is 0 Å². The highest BCUT2D eigenvalue weighted by Gasteiger charge is 2.19. The number of benzene rings is 1. The molecule has 2 aromatic rings. The third-order valence-electron chi connectivity index (χ3n) is 3.59. The van der Waals surface area contributed by atoms with Gasteiger partial charge in [-0.15, -0.1) is 11.3 Å². The molecule has 0 aliphatic carbocycles. The third kappa shape index (κ3) is 4.33. The average molecular weight is 352 g/mol. The lowest BCUT2D eigenvalue weighted by Crippen LogP contribution is -2.38. The number of nitrogens with zero attached hydrogens (tertiary/aromatic N) is 1. The highest BCUT2D eigenvalue weighted by Crippen LogP contribution is 2.24. The Balaban J connectivity index is 2.12. The van der Waals surface area contributed by atoms with Crippen molar-refractivity contribution in [2.75, 3.05) is 23.7 Å². The van der Waals surface area contributed by atoms with Crippen molar-refractivity contribution in [2.24, 2.45) is 0 Å². The van der Waals surface area contributed by atoms with E-state index in [4.69, 9.17) is 0 Å². The molecule has 1 aromatic carbocycles. The topological polar surface area (TPSA) is 66.5 Å². The van der Waals surface area contributed by atoms with E-state index in [-0.39, 0.29) is 19.0 Å². The molecular formula is C16H20N2O3S2. The summed E-state index contributed by atoms with van der Waals surface area (Å²) in [4.78, 5) is 12.5. The van der Waals surface area contributed by atoms with Gasteiger partial charge in [-0.1, -0.05) is 18.2 Å². The number of sulfonamides is 1. The van der Waals surface area contributed by atoms with Crippen LogP contribution in [0.3, 0.4) is 0 Å². The fraction of sp³-hybridized carbons (Fsp3) is 0.312. The summed E-state index contributed by atoms with van der Waals surface area (Å²) >= 11 is 1.35. The Morgan fingerprint density at radius 2 is 1.96 bits per heavy atom. The van der Waals surface area contributed by atoms with Crippen LogP contribution in [0.1, 0.15) is 20.8 Å². The molecule has 1 aromatic heterocycles. The fourth-order valence-electron chi connectivity index (χ4n) is 2.24. The molecule has 0 saturated heterocycles. The molecule has 1 amide bonds. The second kappa shape index (κ2) is 7.14. The minimum Gasteiger partial charge on any atom is -0.350 e. The summed E-state index contributed by atoms with van der Waals surface area (Å²) in [6.45, 7) is 4.28. The van der Waals surface area contributed by atoms with Gasteiger partial charge in [0.05, 0.1) is 23.4 Å². The zero-order valence-electron chi connectivity index (χ0n) is 13.4. The smallest absolute Gasteiger partial charge is 0.261 e. The van der Waals surface area contributed by atoms with Crippen molar-refractivity contribution >= 4 is 33.0 Å². The maximum Gasteiger partial charge on any atom is 0.261 e. The van der Waals surface area contributed by atoms with Crippen LogP contribution >= 0.6 is 11.3 Å². The Hall–Kier alpha value is -1.86. The first kappa shape index (κ1) is 17.5. The Bertz CT molecular complexity index is 784. The van der Waals surface area contributed by atoms with E-state index in [1.165, 1.54) is 21.9 Å². The number of nitrogens with one attached hydrogen (secondary N) is 1. The van der Waals surface area contributed by atoms with E-state index >= 15 is 0 Å². The first-order chi connectivity index (χ1) is 10.8. The van der Waals surface area contributed by atoms with E-state index in [2.05, 4.69) is 5.32 Å². The standard InChI is InChI=1S/C16H20N2O3S2/c1-12-6-4-7-14(13(12)2)18(23(3,20)21)10-9-17-16(19)15-8-5-11-22-15/h4-8,11H,9-10H2,1-3H3,(H,17,19). The van der Waals surface area contributed by atoms with Crippen molar-refractivity contribution in [3.05, 3.63) is 51.7 Å². The molecule has 1 N–H and O–H groups in total. The lowest BCUT2D eigenvalue weighted by Gasteiger charge is -2.25. The van der Waals surface area contributed by atoms with E-state index < -0.39 is 10.0 Å². The minimum atomic E-state index is -3.42. The maximum absolute atomic E-state index is 12.1. The molecule has 0 saturated carbocycles. The van der Waals surface area contributed by atoms with E-state index in [1.54, 1.807) is 18.2 Å². The zero-order chi connectivity index (χ0) is 17.0. The number of rotatable bonds is 6. The predicted molar refractivity (Wildman–Crippen MR) is 94.8 cm³/mol. The second-order valence-electron chi connectivity index (χ2n) is 5.29. The molecule has 0 radical (unpaired) electrons. The quantitative estimate of drug-likeness (QED) is 0.869. The highest BCUT2D eigenvalue weighted by atomic mass is 32.2. The Morgan fingerprint density at radius 1 is 1.22 bits per heavy atom. The van der Waals surface area contributed by atoms with E-state index in [9.17, 15) is 13.2 Å². The third-order valence-corrected chi connectivity index (χ3v) is 5.64. The number of hydrogen-bond donors (Lipinski definition) is 1. The molecule has 0 spiro atoms. The molecule has 124 valence electrons. The van der Waals surface area contributed by atoms with Gasteiger partial charge in [0.25, 0.3) is 5.91 Å². The molecule has 0 bridgehead atoms. The Labute approximate surface area is 141 Å². The van der Waals surface area contributed by atoms with Gasteiger partial charge in [-0.25, -0.2) is 8.42 Å². The average Bonchev–Trinajstić information content (AvgIpc) is 3.00. The monoisotopic (exact) mass is 352 g/mol. The summed E-state index contributed by atoms with van der Waals surface area (Å²) < 4.78 is 25.6. The zero-order valence-corrected chi connectivity index (χ0v) is 15.0. The molecule has 2 rings (SSSR count). The number of hydrogen-bond acceptors (Lipinski definition) is 4. The molecule has 0 aliphatic rings. The van der Waals surface area contributed by atoms with Crippen LogP contribution in [0.5, 0.6) is 0 Å². The Morgan fingerprint density at radius 3 is 2.57 bits per heavy atom. The number of amides is 1. The van der Waals surface area contributed by atoms with Gasteiger partial charge in [-0.05, 0) is 42.5 Å². The summed E-state index contributed by atoms with van der Waals surface area (Å²) in [5, 5.41) is 4.58. The number of aryl methyl sites for hydroxylation is 1. The molecule has 0 atom stereocenters. The predicted octanol–water partition coefficient (Wildman–Crippen LogP) is 2.56. The summed E-state index contributed by atoms with van der Waals surface area (Å²) in [5.74, 6) is -0.186. The first-order valence-electron chi connectivity index (χ1n) is 7.16. The Kier molecular flexibility index (Phi) is 5.43. The van der Waals surface area contributed by atoms with E-state index in [0.29, 0.717) is 10.6 Å². The van der Waals surface area contributed by atoms with Crippen molar-refractivity contribution < 1.29 is 13.2 Å². The van der Waals surface area contributed by atoms with Crippen LogP contribution in [0, 0.1) is 13.8 Å². The lowest BCUT2D eigenvalue weighted by atomic mass is 10.1. The number of carbonyl (C=O) groups is 1. The molecule has 0 aliphatic heterocycles. The normalized spacial score (nSPS) is 11.3. The van der Waals surface area contributed by atoms with Gasteiger partial charge in [0.1, 0.15) is 0 Å². The van der Waals surface area contributed by atoms with Crippen molar-refractivity contribution in [2.45, 2.75) is 13.8 Å². The summed E-state index contributed by atoms with van der Waals surface area (Å²) in [6, 6.07) is 9.10. The lowest BCUT2D eigenvalue weighted by molar-refractivity contribution is 0.0959. The number of anilines is 1. The maximum atomic E-state index is 12.1. The summed E-state index contributed by atoms with van der Waals surface area (Å²) in [7, 11) is -3.42. The fourth-order valence-corrected chi connectivity index (χ4v) is 3.85. The van der Waals surface area contributed by atoms with Gasteiger partial charge >= 0.3 is 0 Å². The van der Waals surface area contributed by atoms with Crippen LogP contribution in [0.2, 0.25) is 0 Å². The van der Waals surface area contributed by atoms with Gasteiger partial charge in [0.2, 0.25) is 10.0 Å².